The quantitative estimate of drug-likeness (QED) is 0.648. The maximum atomic E-state index is 12.3. The fraction of sp³-hybridized carbons (Fsp3) is 0.250. The van der Waals surface area contributed by atoms with Crippen LogP contribution in [0.4, 0.5) is 0 Å². The van der Waals surface area contributed by atoms with Gasteiger partial charge in [-0.1, -0.05) is 48.5 Å². The van der Waals surface area contributed by atoms with Crippen LogP contribution in [0.5, 0.6) is 0 Å². The van der Waals surface area contributed by atoms with Crippen LogP contribution in [-0.2, 0) is 24.3 Å². The predicted octanol–water partition coefficient (Wildman–Crippen LogP) is 4.06. The van der Waals surface area contributed by atoms with E-state index in [-0.39, 0.29) is 5.91 Å². The molecule has 0 aliphatic heterocycles. The third-order valence-corrected chi connectivity index (χ3v) is 4.65. The summed E-state index contributed by atoms with van der Waals surface area (Å²) < 4.78 is 0. The van der Waals surface area contributed by atoms with Crippen molar-refractivity contribution in [3.8, 4) is 11.1 Å². The van der Waals surface area contributed by atoms with E-state index in [1.165, 1.54) is 11.1 Å². The lowest BCUT2D eigenvalue weighted by atomic mass is 9.98. The van der Waals surface area contributed by atoms with Gasteiger partial charge in [0.2, 0.25) is 5.91 Å². The number of hydrogen-bond donors (Lipinski definition) is 1. The van der Waals surface area contributed by atoms with Crippen LogP contribution >= 0.6 is 0 Å². The van der Waals surface area contributed by atoms with Gasteiger partial charge in [0.1, 0.15) is 0 Å². The van der Waals surface area contributed by atoms with Gasteiger partial charge in [-0.2, -0.15) is 0 Å². The van der Waals surface area contributed by atoms with Gasteiger partial charge in [0, 0.05) is 31.9 Å². The van der Waals surface area contributed by atoms with E-state index in [1.54, 1.807) is 12.4 Å². The average molecular weight is 374 g/mol. The molecule has 0 fully saturated rings. The Labute approximate surface area is 167 Å². The molecule has 1 amide bonds. The molecule has 1 aromatic heterocycles. The van der Waals surface area contributed by atoms with Gasteiger partial charge in [-0.05, 0) is 60.5 Å². The van der Waals surface area contributed by atoms with Gasteiger partial charge in [-0.3, -0.25) is 9.78 Å². The highest BCUT2D eigenvalue weighted by molar-refractivity contribution is 5.77. The Hall–Kier alpha value is -2.98. The topological polar surface area (TPSA) is 45.2 Å². The summed E-state index contributed by atoms with van der Waals surface area (Å²) in [4.78, 5) is 18.4. The normalized spacial score (nSPS) is 10.8. The molecule has 3 aromatic rings. The molecule has 0 atom stereocenters. The number of amides is 1. The smallest absolute Gasteiger partial charge is 0.220 e. The molecular weight excluding hydrogens is 346 g/mol. The second kappa shape index (κ2) is 9.81. The van der Waals surface area contributed by atoms with Gasteiger partial charge in [-0.15, -0.1) is 0 Å². The molecular formula is C24H27N3O. The summed E-state index contributed by atoms with van der Waals surface area (Å²) >= 11 is 0. The largest absolute Gasteiger partial charge is 0.352 e. The first kappa shape index (κ1) is 19.8. The minimum atomic E-state index is 0.0629. The van der Waals surface area contributed by atoms with E-state index >= 15 is 0 Å². The van der Waals surface area contributed by atoms with Crippen LogP contribution in [0.15, 0.2) is 73.1 Å². The lowest BCUT2D eigenvalue weighted by Gasteiger charge is -2.13. The molecule has 0 bridgehead atoms. The molecule has 0 saturated heterocycles. The van der Waals surface area contributed by atoms with E-state index in [2.05, 4.69) is 65.7 Å². The van der Waals surface area contributed by atoms with Gasteiger partial charge in [0.15, 0.2) is 0 Å². The third-order valence-electron chi connectivity index (χ3n) is 4.65. The Balaban J connectivity index is 1.61. The summed E-state index contributed by atoms with van der Waals surface area (Å²) in [6, 6.07) is 20.8. The summed E-state index contributed by atoms with van der Waals surface area (Å²) in [6.45, 7) is 1.46. The lowest BCUT2D eigenvalue weighted by Crippen LogP contribution is -2.23. The van der Waals surface area contributed by atoms with Crippen molar-refractivity contribution in [1.82, 2.24) is 15.2 Å². The molecule has 28 heavy (non-hydrogen) atoms. The van der Waals surface area contributed by atoms with Crippen molar-refractivity contribution in [3.63, 3.8) is 0 Å². The summed E-state index contributed by atoms with van der Waals surface area (Å²) in [7, 11) is 4.14. The zero-order valence-corrected chi connectivity index (χ0v) is 16.6. The zero-order chi connectivity index (χ0) is 19.8. The van der Waals surface area contributed by atoms with Crippen LogP contribution in [0, 0.1) is 0 Å². The highest BCUT2D eigenvalue weighted by Crippen LogP contribution is 2.24. The highest BCUT2D eigenvalue weighted by Gasteiger charge is 2.07. The zero-order valence-electron chi connectivity index (χ0n) is 16.6. The van der Waals surface area contributed by atoms with Gasteiger partial charge < -0.3 is 10.2 Å². The summed E-state index contributed by atoms with van der Waals surface area (Å²) in [5.74, 6) is 0.0629. The van der Waals surface area contributed by atoms with Crippen LogP contribution in [0.3, 0.4) is 0 Å². The Morgan fingerprint density at radius 2 is 1.64 bits per heavy atom. The van der Waals surface area contributed by atoms with Crippen LogP contribution in [-0.4, -0.2) is 29.9 Å². The van der Waals surface area contributed by atoms with Gasteiger partial charge in [0.25, 0.3) is 0 Å². The number of nitrogens with one attached hydrogen (secondary N) is 1. The van der Waals surface area contributed by atoms with Crippen molar-refractivity contribution >= 4 is 5.91 Å². The van der Waals surface area contributed by atoms with Crippen molar-refractivity contribution in [2.24, 2.45) is 0 Å². The SMILES string of the molecule is CN(C)Cc1ccc(-c2ccccc2CNC(=O)CCc2ccncc2)cc1. The fourth-order valence-corrected chi connectivity index (χ4v) is 3.20. The first-order chi connectivity index (χ1) is 13.6. The maximum absolute atomic E-state index is 12.3. The van der Waals surface area contributed by atoms with Crippen molar-refractivity contribution < 1.29 is 4.79 Å². The molecule has 0 aliphatic rings. The van der Waals surface area contributed by atoms with E-state index < -0.39 is 0 Å². The predicted molar refractivity (Wildman–Crippen MR) is 114 cm³/mol. The van der Waals surface area contributed by atoms with E-state index in [0.717, 1.165) is 29.7 Å². The van der Waals surface area contributed by atoms with Crippen molar-refractivity contribution in [2.75, 3.05) is 14.1 Å². The van der Waals surface area contributed by atoms with Crippen LogP contribution in [0.1, 0.15) is 23.1 Å². The van der Waals surface area contributed by atoms with E-state index in [1.807, 2.05) is 24.3 Å². The minimum Gasteiger partial charge on any atom is -0.352 e. The number of benzene rings is 2. The van der Waals surface area contributed by atoms with Crippen molar-refractivity contribution in [1.29, 1.82) is 0 Å². The number of aromatic nitrogens is 1. The second-order valence-corrected chi connectivity index (χ2v) is 7.22. The van der Waals surface area contributed by atoms with Crippen molar-refractivity contribution in [2.45, 2.75) is 25.9 Å². The number of carbonyl (C=O) groups excluding carboxylic acids is 1. The number of carbonyl (C=O) groups is 1. The summed E-state index contributed by atoms with van der Waals surface area (Å²) in [6.07, 6.45) is 4.72. The Bertz CT molecular complexity index is 889. The first-order valence-electron chi connectivity index (χ1n) is 9.59. The summed E-state index contributed by atoms with van der Waals surface area (Å²) in [5, 5.41) is 3.06. The molecule has 4 nitrogen and oxygen atoms in total. The molecule has 3 rings (SSSR count). The van der Waals surface area contributed by atoms with Gasteiger partial charge in [-0.25, -0.2) is 0 Å². The van der Waals surface area contributed by atoms with Crippen LogP contribution in [0.2, 0.25) is 0 Å². The van der Waals surface area contributed by atoms with E-state index in [9.17, 15) is 4.79 Å². The molecule has 0 radical (unpaired) electrons. The molecule has 1 heterocycles. The minimum absolute atomic E-state index is 0.0629. The average Bonchev–Trinajstić information content (AvgIpc) is 2.72. The maximum Gasteiger partial charge on any atom is 0.220 e. The number of hydrogen-bond acceptors (Lipinski definition) is 3. The van der Waals surface area contributed by atoms with Crippen LogP contribution in [0.25, 0.3) is 11.1 Å². The highest BCUT2D eigenvalue weighted by atomic mass is 16.1. The molecule has 144 valence electrons. The molecule has 0 aliphatic carbocycles. The number of aryl methyl sites for hydroxylation is 1. The molecule has 2 aromatic carbocycles. The Kier molecular flexibility index (Phi) is 6.93. The lowest BCUT2D eigenvalue weighted by molar-refractivity contribution is -0.121. The van der Waals surface area contributed by atoms with E-state index in [0.29, 0.717) is 13.0 Å². The third kappa shape index (κ3) is 5.76. The number of rotatable bonds is 8. The number of nitrogens with zero attached hydrogens (tertiary/aromatic N) is 2. The molecule has 1 N–H and O–H groups in total. The fourth-order valence-electron chi connectivity index (χ4n) is 3.20. The standard InChI is InChI=1S/C24H27N3O/c1-27(2)18-20-7-10-21(11-8-20)23-6-4-3-5-22(23)17-26-24(28)12-9-19-13-15-25-16-14-19/h3-8,10-11,13-16H,9,12,17-18H2,1-2H3,(H,26,28). The number of pyridine rings is 1. The Morgan fingerprint density at radius 3 is 2.36 bits per heavy atom. The molecule has 4 heteroatoms. The Morgan fingerprint density at radius 1 is 0.929 bits per heavy atom. The monoisotopic (exact) mass is 373 g/mol. The second-order valence-electron chi connectivity index (χ2n) is 7.22. The first-order valence-corrected chi connectivity index (χ1v) is 9.59. The molecule has 0 saturated carbocycles. The van der Waals surface area contributed by atoms with Crippen molar-refractivity contribution in [3.05, 3.63) is 89.7 Å². The molecule has 0 unspecified atom stereocenters. The van der Waals surface area contributed by atoms with E-state index in [4.69, 9.17) is 0 Å². The van der Waals surface area contributed by atoms with Gasteiger partial charge >= 0.3 is 0 Å². The summed E-state index contributed by atoms with van der Waals surface area (Å²) in [5.41, 5.74) is 5.87. The molecule has 0 spiro atoms. The van der Waals surface area contributed by atoms with Crippen LogP contribution < -0.4 is 5.32 Å². The van der Waals surface area contributed by atoms with Gasteiger partial charge in [0.05, 0.1) is 0 Å².